The van der Waals surface area contributed by atoms with Crippen molar-refractivity contribution >= 4 is 17.5 Å². The van der Waals surface area contributed by atoms with Crippen molar-refractivity contribution in [1.82, 2.24) is 10.3 Å². The lowest BCUT2D eigenvalue weighted by Gasteiger charge is -2.10. The molecule has 0 saturated heterocycles. The lowest BCUT2D eigenvalue weighted by atomic mass is 10.2. The van der Waals surface area contributed by atoms with Crippen LogP contribution in [0.2, 0.25) is 0 Å². The minimum Gasteiger partial charge on any atom is -0.493 e. The molecular weight excluding hydrogens is 322 g/mol. The van der Waals surface area contributed by atoms with Crippen molar-refractivity contribution < 1.29 is 19.1 Å². The average Bonchev–Trinajstić information content (AvgIpc) is 3.45. The van der Waals surface area contributed by atoms with Gasteiger partial charge in [-0.05, 0) is 37.1 Å². The summed E-state index contributed by atoms with van der Waals surface area (Å²) in [6, 6.07) is 10.1. The molecule has 1 fully saturated rings. The van der Waals surface area contributed by atoms with E-state index in [0.717, 1.165) is 12.8 Å². The molecule has 2 aromatic rings. The number of methoxy groups -OCH3 is 2. The number of pyridine rings is 1. The van der Waals surface area contributed by atoms with E-state index in [1.54, 1.807) is 36.4 Å². The van der Waals surface area contributed by atoms with Crippen LogP contribution in [0.4, 0.5) is 5.69 Å². The van der Waals surface area contributed by atoms with Crippen LogP contribution in [-0.4, -0.2) is 37.1 Å². The van der Waals surface area contributed by atoms with Crippen LogP contribution in [0.5, 0.6) is 11.5 Å². The number of amides is 2. The molecule has 1 aromatic carbocycles. The van der Waals surface area contributed by atoms with Gasteiger partial charge in [-0.2, -0.15) is 0 Å². The summed E-state index contributed by atoms with van der Waals surface area (Å²) in [6.45, 7) is 0. The van der Waals surface area contributed by atoms with E-state index in [4.69, 9.17) is 9.47 Å². The van der Waals surface area contributed by atoms with Crippen molar-refractivity contribution in [3.8, 4) is 11.5 Å². The molecule has 0 bridgehead atoms. The molecule has 2 amide bonds. The molecule has 1 aromatic heterocycles. The summed E-state index contributed by atoms with van der Waals surface area (Å²) in [5.41, 5.74) is 0.933. The maximum atomic E-state index is 12.4. The molecule has 3 rings (SSSR count). The van der Waals surface area contributed by atoms with Gasteiger partial charge >= 0.3 is 0 Å². The van der Waals surface area contributed by atoms with Gasteiger partial charge in [-0.3, -0.25) is 9.59 Å². The Kier molecular flexibility index (Phi) is 4.83. The van der Waals surface area contributed by atoms with Gasteiger partial charge < -0.3 is 20.1 Å². The first kappa shape index (κ1) is 16.8. The van der Waals surface area contributed by atoms with E-state index in [2.05, 4.69) is 15.6 Å². The second kappa shape index (κ2) is 7.21. The van der Waals surface area contributed by atoms with Crippen molar-refractivity contribution in [3.05, 3.63) is 47.8 Å². The molecule has 7 nitrogen and oxygen atoms in total. The van der Waals surface area contributed by atoms with Gasteiger partial charge in [0.05, 0.1) is 14.2 Å². The number of aromatic nitrogens is 1. The van der Waals surface area contributed by atoms with E-state index in [9.17, 15) is 9.59 Å². The van der Waals surface area contributed by atoms with Crippen LogP contribution >= 0.6 is 0 Å². The summed E-state index contributed by atoms with van der Waals surface area (Å²) < 4.78 is 10.4. The first-order valence-electron chi connectivity index (χ1n) is 7.92. The molecule has 0 atom stereocenters. The van der Waals surface area contributed by atoms with Crippen molar-refractivity contribution in [3.63, 3.8) is 0 Å². The number of anilines is 1. The quantitative estimate of drug-likeness (QED) is 0.841. The molecule has 0 spiro atoms. The normalized spacial score (nSPS) is 13.0. The van der Waals surface area contributed by atoms with Gasteiger partial charge in [0, 0.05) is 17.8 Å². The summed E-state index contributed by atoms with van der Waals surface area (Å²) in [7, 11) is 3.06. The van der Waals surface area contributed by atoms with E-state index in [-0.39, 0.29) is 23.3 Å². The Morgan fingerprint density at radius 1 is 1.00 bits per heavy atom. The molecule has 1 aliphatic rings. The van der Waals surface area contributed by atoms with Gasteiger partial charge in [0.15, 0.2) is 11.5 Å². The van der Waals surface area contributed by atoms with Crippen molar-refractivity contribution in [2.24, 2.45) is 0 Å². The smallest absolute Gasteiger partial charge is 0.274 e. The molecular formula is C18H19N3O4. The highest BCUT2D eigenvalue weighted by molar-refractivity contribution is 6.04. The zero-order valence-corrected chi connectivity index (χ0v) is 14.0. The second-order valence-corrected chi connectivity index (χ2v) is 5.68. The van der Waals surface area contributed by atoms with Crippen molar-refractivity contribution in [1.29, 1.82) is 0 Å². The molecule has 7 heteroatoms. The summed E-state index contributed by atoms with van der Waals surface area (Å²) in [4.78, 5) is 28.6. The van der Waals surface area contributed by atoms with Gasteiger partial charge in [0.25, 0.3) is 11.8 Å². The molecule has 1 heterocycles. The van der Waals surface area contributed by atoms with Crippen LogP contribution in [0.1, 0.15) is 33.8 Å². The fourth-order valence-corrected chi connectivity index (χ4v) is 2.28. The predicted octanol–water partition coefficient (Wildman–Crippen LogP) is 2.24. The highest BCUT2D eigenvalue weighted by Crippen LogP contribution is 2.29. The molecule has 1 aliphatic carbocycles. The Balaban J connectivity index is 1.73. The number of hydrogen-bond donors (Lipinski definition) is 2. The van der Waals surface area contributed by atoms with E-state index >= 15 is 0 Å². The molecule has 0 unspecified atom stereocenters. The zero-order valence-electron chi connectivity index (χ0n) is 14.0. The topological polar surface area (TPSA) is 89.5 Å². The monoisotopic (exact) mass is 341 g/mol. The molecule has 2 N–H and O–H groups in total. The number of hydrogen-bond acceptors (Lipinski definition) is 5. The van der Waals surface area contributed by atoms with Crippen molar-refractivity contribution in [2.75, 3.05) is 19.5 Å². The number of rotatable bonds is 6. The Morgan fingerprint density at radius 3 is 2.32 bits per heavy atom. The Hall–Kier alpha value is -3.09. The van der Waals surface area contributed by atoms with Gasteiger partial charge in [-0.1, -0.05) is 6.07 Å². The largest absolute Gasteiger partial charge is 0.493 e. The number of nitrogens with zero attached hydrogens (tertiary/aromatic N) is 1. The third-order valence-electron chi connectivity index (χ3n) is 3.77. The van der Waals surface area contributed by atoms with Crippen LogP contribution in [0.25, 0.3) is 0 Å². The number of ether oxygens (including phenoxy) is 2. The fourth-order valence-electron chi connectivity index (χ4n) is 2.28. The average molecular weight is 341 g/mol. The third-order valence-corrected chi connectivity index (χ3v) is 3.77. The molecule has 1 saturated carbocycles. The lowest BCUT2D eigenvalue weighted by Crippen LogP contribution is -2.27. The van der Waals surface area contributed by atoms with E-state index in [0.29, 0.717) is 17.2 Å². The Bertz CT molecular complexity index is 803. The van der Waals surface area contributed by atoms with E-state index in [1.165, 1.54) is 14.2 Å². The van der Waals surface area contributed by atoms with E-state index < -0.39 is 5.91 Å². The fraction of sp³-hybridized carbons (Fsp3) is 0.278. The SMILES string of the molecule is COc1ccc(NC(=O)c2cccc(C(=O)NC3CC3)n2)cc1OC. The minimum absolute atomic E-state index is 0.165. The van der Waals surface area contributed by atoms with Gasteiger partial charge in [0.2, 0.25) is 0 Å². The maximum Gasteiger partial charge on any atom is 0.274 e. The summed E-state index contributed by atoms with van der Waals surface area (Å²) in [5, 5.41) is 5.58. The van der Waals surface area contributed by atoms with Crippen LogP contribution in [0.3, 0.4) is 0 Å². The first-order valence-corrected chi connectivity index (χ1v) is 7.92. The molecule has 25 heavy (non-hydrogen) atoms. The molecule has 0 aliphatic heterocycles. The van der Waals surface area contributed by atoms with E-state index in [1.807, 2.05) is 0 Å². The number of benzene rings is 1. The standard InChI is InChI=1S/C18H19N3O4/c1-24-15-9-8-12(10-16(15)25-2)20-18(23)14-5-3-4-13(21-14)17(22)19-11-6-7-11/h3-5,8-11H,6-7H2,1-2H3,(H,19,22)(H,20,23). The second-order valence-electron chi connectivity index (χ2n) is 5.68. The summed E-state index contributed by atoms with van der Waals surface area (Å²) in [6.07, 6.45) is 1.98. The van der Waals surface area contributed by atoms with Crippen LogP contribution in [0, 0.1) is 0 Å². The van der Waals surface area contributed by atoms with Crippen molar-refractivity contribution in [2.45, 2.75) is 18.9 Å². The van der Waals surface area contributed by atoms with Gasteiger partial charge in [0.1, 0.15) is 11.4 Å². The van der Waals surface area contributed by atoms with Crippen LogP contribution in [-0.2, 0) is 0 Å². The van der Waals surface area contributed by atoms with Gasteiger partial charge in [-0.25, -0.2) is 4.98 Å². The summed E-state index contributed by atoms with van der Waals surface area (Å²) in [5.74, 6) is 0.403. The zero-order chi connectivity index (χ0) is 17.8. The highest BCUT2D eigenvalue weighted by atomic mass is 16.5. The molecule has 130 valence electrons. The number of nitrogens with one attached hydrogen (secondary N) is 2. The predicted molar refractivity (Wildman–Crippen MR) is 92.2 cm³/mol. The van der Waals surface area contributed by atoms with Gasteiger partial charge in [-0.15, -0.1) is 0 Å². The lowest BCUT2D eigenvalue weighted by molar-refractivity contribution is 0.0946. The Morgan fingerprint density at radius 2 is 1.68 bits per heavy atom. The number of carbonyl (C=O) groups excluding carboxylic acids is 2. The highest BCUT2D eigenvalue weighted by Gasteiger charge is 2.24. The first-order chi connectivity index (χ1) is 12.1. The molecule has 0 radical (unpaired) electrons. The number of carbonyl (C=O) groups is 2. The summed E-state index contributed by atoms with van der Waals surface area (Å²) >= 11 is 0. The third kappa shape index (κ3) is 4.06. The Labute approximate surface area is 145 Å². The van der Waals surface area contributed by atoms with Crippen LogP contribution in [0.15, 0.2) is 36.4 Å². The maximum absolute atomic E-state index is 12.4. The van der Waals surface area contributed by atoms with Crippen LogP contribution < -0.4 is 20.1 Å². The minimum atomic E-state index is -0.409.